The molecule has 0 radical (unpaired) electrons. The smallest absolute Gasteiger partial charge is 0.354 e. The topological polar surface area (TPSA) is 51.3 Å². The number of rotatable bonds is 3. The van der Waals surface area contributed by atoms with E-state index >= 15 is 0 Å². The Morgan fingerprint density at radius 2 is 2.24 bits per heavy atom. The van der Waals surface area contributed by atoms with Crippen LogP contribution in [0, 0.1) is 19.8 Å². The van der Waals surface area contributed by atoms with E-state index < -0.39 is 0 Å². The number of H-pyrrole nitrogens is 1. The molecule has 0 bridgehead atoms. The van der Waals surface area contributed by atoms with E-state index in [9.17, 15) is 4.79 Å². The molecule has 112 valence electrons. The zero-order valence-electron chi connectivity index (χ0n) is 12.6. The first-order chi connectivity index (χ1) is 10.1. The summed E-state index contributed by atoms with van der Waals surface area (Å²) < 4.78 is 10.8. The molecule has 1 N–H and O–H groups in total. The Morgan fingerprint density at radius 3 is 3.00 bits per heavy atom. The number of esters is 1. The van der Waals surface area contributed by atoms with Crippen molar-refractivity contribution in [2.45, 2.75) is 26.7 Å². The number of carbonyl (C=O) groups excluding carboxylic acids is 1. The van der Waals surface area contributed by atoms with E-state index in [4.69, 9.17) is 9.47 Å². The maximum atomic E-state index is 12.2. The van der Waals surface area contributed by atoms with Crippen LogP contribution in [-0.4, -0.2) is 30.8 Å². The first kappa shape index (κ1) is 14.1. The second-order valence-electron chi connectivity index (χ2n) is 5.91. The lowest BCUT2D eigenvalue weighted by Gasteiger charge is -2.21. The zero-order chi connectivity index (χ0) is 14.8. The van der Waals surface area contributed by atoms with Crippen LogP contribution in [0.15, 0.2) is 18.2 Å². The molecular formula is C17H21NO3. The van der Waals surface area contributed by atoms with Gasteiger partial charge < -0.3 is 14.5 Å². The van der Waals surface area contributed by atoms with Crippen molar-refractivity contribution in [1.82, 2.24) is 4.98 Å². The van der Waals surface area contributed by atoms with Crippen molar-refractivity contribution in [3.05, 3.63) is 35.0 Å². The number of aryl methyl sites for hydroxylation is 2. The van der Waals surface area contributed by atoms with Crippen molar-refractivity contribution < 1.29 is 14.3 Å². The summed E-state index contributed by atoms with van der Waals surface area (Å²) in [5, 5.41) is 1.08. The van der Waals surface area contributed by atoms with E-state index in [0.717, 1.165) is 30.4 Å². The van der Waals surface area contributed by atoms with E-state index in [2.05, 4.69) is 18.0 Å². The van der Waals surface area contributed by atoms with Crippen LogP contribution in [0.3, 0.4) is 0 Å². The molecule has 1 atom stereocenters. The van der Waals surface area contributed by atoms with Gasteiger partial charge in [0.2, 0.25) is 0 Å². The van der Waals surface area contributed by atoms with Crippen LogP contribution in [0.1, 0.15) is 34.5 Å². The Hall–Kier alpha value is -1.81. The van der Waals surface area contributed by atoms with Crippen molar-refractivity contribution in [3.63, 3.8) is 0 Å². The first-order valence-electron chi connectivity index (χ1n) is 7.48. The number of carbonyl (C=O) groups is 1. The van der Waals surface area contributed by atoms with Gasteiger partial charge in [0.1, 0.15) is 5.69 Å². The maximum Gasteiger partial charge on any atom is 0.354 e. The second-order valence-corrected chi connectivity index (χ2v) is 5.91. The molecule has 3 rings (SSSR count). The van der Waals surface area contributed by atoms with Crippen molar-refractivity contribution >= 4 is 16.9 Å². The molecule has 1 aliphatic rings. The predicted molar refractivity (Wildman–Crippen MR) is 81.6 cm³/mol. The second kappa shape index (κ2) is 5.90. The van der Waals surface area contributed by atoms with Gasteiger partial charge in [-0.25, -0.2) is 4.79 Å². The zero-order valence-corrected chi connectivity index (χ0v) is 12.6. The van der Waals surface area contributed by atoms with Crippen LogP contribution >= 0.6 is 0 Å². The summed E-state index contributed by atoms with van der Waals surface area (Å²) in [4.78, 5) is 15.3. The van der Waals surface area contributed by atoms with Crippen molar-refractivity contribution in [2.24, 2.45) is 5.92 Å². The first-order valence-corrected chi connectivity index (χ1v) is 7.48. The molecule has 4 heteroatoms. The van der Waals surface area contributed by atoms with E-state index in [0.29, 0.717) is 24.8 Å². The van der Waals surface area contributed by atoms with Crippen LogP contribution < -0.4 is 0 Å². The predicted octanol–water partition coefficient (Wildman–Crippen LogP) is 3.37. The summed E-state index contributed by atoms with van der Waals surface area (Å²) in [6.45, 7) is 6.06. The molecule has 1 fully saturated rings. The third kappa shape index (κ3) is 3.10. The number of nitrogens with one attached hydrogen (secondary N) is 1. The molecule has 4 nitrogen and oxygen atoms in total. The third-order valence-electron chi connectivity index (χ3n) is 4.01. The number of aromatic nitrogens is 1. The Morgan fingerprint density at radius 1 is 1.38 bits per heavy atom. The summed E-state index contributed by atoms with van der Waals surface area (Å²) in [6, 6.07) is 6.04. The van der Waals surface area contributed by atoms with Gasteiger partial charge in [-0.3, -0.25) is 0 Å². The molecule has 1 saturated heterocycles. The number of benzene rings is 1. The summed E-state index contributed by atoms with van der Waals surface area (Å²) in [5.74, 6) is 0.0462. The van der Waals surface area contributed by atoms with Gasteiger partial charge in [-0.2, -0.15) is 0 Å². The van der Waals surface area contributed by atoms with E-state index in [1.165, 1.54) is 11.1 Å². The molecule has 1 unspecified atom stereocenters. The van der Waals surface area contributed by atoms with E-state index in [1.54, 1.807) is 0 Å². The van der Waals surface area contributed by atoms with Crippen LogP contribution in [0.25, 0.3) is 10.9 Å². The highest BCUT2D eigenvalue weighted by Gasteiger charge is 2.18. The van der Waals surface area contributed by atoms with Crippen LogP contribution in [0.4, 0.5) is 0 Å². The average molecular weight is 287 g/mol. The monoisotopic (exact) mass is 287 g/mol. The Kier molecular flexibility index (Phi) is 3.97. The number of hydrogen-bond acceptors (Lipinski definition) is 3. The van der Waals surface area contributed by atoms with Gasteiger partial charge in [-0.1, -0.05) is 6.07 Å². The minimum atomic E-state index is -0.283. The molecule has 0 spiro atoms. The van der Waals surface area contributed by atoms with Crippen LogP contribution in [0.5, 0.6) is 0 Å². The highest BCUT2D eigenvalue weighted by atomic mass is 16.5. The Bertz CT molecular complexity index is 653. The normalized spacial score (nSPS) is 18.9. The van der Waals surface area contributed by atoms with Gasteiger partial charge in [0, 0.05) is 23.4 Å². The fraction of sp³-hybridized carbons (Fsp3) is 0.471. The molecule has 2 heterocycles. The van der Waals surface area contributed by atoms with Gasteiger partial charge in [0.15, 0.2) is 0 Å². The third-order valence-corrected chi connectivity index (χ3v) is 4.01. The minimum Gasteiger partial charge on any atom is -0.461 e. The fourth-order valence-electron chi connectivity index (χ4n) is 2.92. The number of hydrogen-bond donors (Lipinski definition) is 1. The Balaban J connectivity index is 1.71. The maximum absolute atomic E-state index is 12.2. The SMILES string of the molecule is Cc1cc(C)c2cc(C(=O)OCC3CCCOC3)[nH]c2c1. The summed E-state index contributed by atoms with van der Waals surface area (Å²) >= 11 is 0. The highest BCUT2D eigenvalue weighted by Crippen LogP contribution is 2.22. The minimum absolute atomic E-state index is 0.283. The lowest BCUT2D eigenvalue weighted by atomic mass is 10.0. The number of aromatic amines is 1. The number of fused-ring (bicyclic) bond motifs is 1. The molecule has 1 aromatic carbocycles. The molecule has 1 aromatic heterocycles. The standard InChI is InChI=1S/C17H21NO3/c1-11-6-12(2)14-8-16(18-15(14)7-11)17(19)21-10-13-4-3-5-20-9-13/h6-8,13,18H,3-5,9-10H2,1-2H3. The Labute approximate surface area is 124 Å². The largest absolute Gasteiger partial charge is 0.461 e. The van der Waals surface area contributed by atoms with Gasteiger partial charge in [0.25, 0.3) is 0 Å². The summed E-state index contributed by atoms with van der Waals surface area (Å²) in [6.07, 6.45) is 2.12. The van der Waals surface area contributed by atoms with Crippen LogP contribution in [0.2, 0.25) is 0 Å². The van der Waals surface area contributed by atoms with Gasteiger partial charge >= 0.3 is 5.97 Å². The number of ether oxygens (including phenoxy) is 2. The van der Waals surface area contributed by atoms with Gasteiger partial charge in [-0.05, 0) is 49.9 Å². The summed E-state index contributed by atoms with van der Waals surface area (Å²) in [7, 11) is 0. The van der Waals surface area contributed by atoms with Crippen molar-refractivity contribution in [1.29, 1.82) is 0 Å². The van der Waals surface area contributed by atoms with E-state index in [-0.39, 0.29) is 5.97 Å². The average Bonchev–Trinajstić information content (AvgIpc) is 2.90. The molecule has 0 amide bonds. The molecule has 21 heavy (non-hydrogen) atoms. The van der Waals surface area contributed by atoms with Gasteiger partial charge in [0.05, 0.1) is 13.2 Å². The molecule has 0 aliphatic carbocycles. The molecule has 1 aliphatic heterocycles. The fourth-order valence-corrected chi connectivity index (χ4v) is 2.92. The molecular weight excluding hydrogens is 266 g/mol. The lowest BCUT2D eigenvalue weighted by molar-refractivity contribution is 0.00830. The van der Waals surface area contributed by atoms with E-state index in [1.807, 2.05) is 19.1 Å². The lowest BCUT2D eigenvalue weighted by Crippen LogP contribution is -2.23. The van der Waals surface area contributed by atoms with Crippen LogP contribution in [-0.2, 0) is 9.47 Å². The van der Waals surface area contributed by atoms with Crippen molar-refractivity contribution in [3.8, 4) is 0 Å². The molecule has 0 saturated carbocycles. The molecule has 2 aromatic rings. The summed E-state index contributed by atoms with van der Waals surface area (Å²) in [5.41, 5.74) is 3.86. The van der Waals surface area contributed by atoms with Gasteiger partial charge in [-0.15, -0.1) is 0 Å². The highest BCUT2D eigenvalue weighted by molar-refractivity contribution is 5.96. The van der Waals surface area contributed by atoms with Crippen molar-refractivity contribution in [2.75, 3.05) is 19.8 Å². The quantitative estimate of drug-likeness (QED) is 0.881.